The van der Waals surface area contributed by atoms with E-state index in [0.717, 1.165) is 4.57 Å². The van der Waals surface area contributed by atoms with E-state index in [4.69, 9.17) is 16.3 Å². The third-order valence-corrected chi connectivity index (χ3v) is 3.76. The van der Waals surface area contributed by atoms with Crippen LogP contribution in [0.25, 0.3) is 11.3 Å². The van der Waals surface area contributed by atoms with Gasteiger partial charge in [-0.1, -0.05) is 22.9 Å². The Bertz CT molecular complexity index is 740. The Morgan fingerprint density at radius 1 is 1.43 bits per heavy atom. The van der Waals surface area contributed by atoms with Crippen LogP contribution in [0.15, 0.2) is 33.5 Å². The molecule has 3 nitrogen and oxygen atoms in total. The molecule has 0 saturated heterocycles. The van der Waals surface area contributed by atoms with Crippen molar-refractivity contribution in [2.45, 2.75) is 19.9 Å². The number of rotatable bonds is 5. The van der Waals surface area contributed by atoms with E-state index in [1.54, 1.807) is 18.2 Å². The van der Waals surface area contributed by atoms with Crippen molar-refractivity contribution in [2.24, 2.45) is 0 Å². The summed E-state index contributed by atoms with van der Waals surface area (Å²) in [6, 6.07) is 9.07. The molecule has 2 rings (SSSR count). The van der Waals surface area contributed by atoms with E-state index in [1.807, 2.05) is 6.92 Å². The van der Waals surface area contributed by atoms with E-state index < -0.39 is 18.5 Å². The van der Waals surface area contributed by atoms with Crippen LogP contribution in [0.1, 0.15) is 6.92 Å². The van der Waals surface area contributed by atoms with Crippen molar-refractivity contribution < 1.29 is 46.2 Å². The number of benzene rings is 1. The van der Waals surface area contributed by atoms with Crippen LogP contribution < -0.4 is 10.3 Å². The summed E-state index contributed by atoms with van der Waals surface area (Å²) in [6.45, 7) is 1.59. The quantitative estimate of drug-likeness (QED) is 0.595. The molecule has 0 bridgehead atoms. The molecule has 0 spiro atoms. The normalized spacial score (nSPS) is 10.5. The minimum absolute atomic E-state index is 0. The maximum absolute atomic E-state index is 12.8. The van der Waals surface area contributed by atoms with Crippen LogP contribution in [0, 0.1) is 6.07 Å². The Labute approximate surface area is 171 Å². The van der Waals surface area contributed by atoms with E-state index in [1.165, 1.54) is 6.07 Å². The van der Waals surface area contributed by atoms with Crippen LogP contribution in [-0.2, 0) is 39.3 Å². The summed E-state index contributed by atoms with van der Waals surface area (Å²) in [5.74, 6) is 0.566. The number of pyridine rings is 1. The second kappa shape index (κ2) is 9.26. The van der Waals surface area contributed by atoms with E-state index in [-0.39, 0.29) is 42.9 Å². The van der Waals surface area contributed by atoms with Crippen molar-refractivity contribution in [2.75, 3.05) is 6.61 Å². The smallest absolute Gasteiger partial charge is 0.256 e. The maximum Gasteiger partial charge on any atom is 0.256 e. The van der Waals surface area contributed by atoms with Gasteiger partial charge in [-0.15, -0.1) is 22.0 Å². The first kappa shape index (κ1) is 20.7. The number of nitrogens with zero attached hydrogens (tertiary/aromatic N) is 1. The van der Waals surface area contributed by atoms with E-state index in [0.29, 0.717) is 22.9 Å². The van der Waals surface area contributed by atoms with Gasteiger partial charge in [-0.3, -0.25) is 4.79 Å². The van der Waals surface area contributed by atoms with Gasteiger partial charge in [-0.05, 0) is 28.6 Å². The van der Waals surface area contributed by atoms with Gasteiger partial charge in [0.15, 0.2) is 0 Å². The zero-order chi connectivity index (χ0) is 16.3. The van der Waals surface area contributed by atoms with Crippen LogP contribution in [0.2, 0.25) is 5.02 Å². The third kappa shape index (κ3) is 5.09. The first-order valence-electron chi connectivity index (χ1n) is 6.46. The SMILES string of the molecule is CCOc1ccc(-c2[c-]cc(Br)c(=O)n2CC(F)F)c(Cl)c1.[Y]. The summed E-state index contributed by atoms with van der Waals surface area (Å²) < 4.78 is 31.9. The number of halogens is 4. The van der Waals surface area contributed by atoms with Gasteiger partial charge in [0, 0.05) is 32.7 Å². The summed E-state index contributed by atoms with van der Waals surface area (Å²) >= 11 is 9.22. The molecule has 23 heavy (non-hydrogen) atoms. The molecule has 0 N–H and O–H groups in total. The fourth-order valence-electron chi connectivity index (χ4n) is 1.98. The van der Waals surface area contributed by atoms with Gasteiger partial charge in [-0.25, -0.2) is 8.78 Å². The van der Waals surface area contributed by atoms with Gasteiger partial charge in [0.25, 0.3) is 6.43 Å². The Hall–Kier alpha value is -0.296. The molecule has 0 saturated carbocycles. The molecule has 0 fully saturated rings. The molecule has 0 aliphatic rings. The molecule has 0 unspecified atom stereocenters. The molecule has 8 heteroatoms. The van der Waals surface area contributed by atoms with Gasteiger partial charge in [0.2, 0.25) is 5.56 Å². The molecular formula is C15H12BrClF2NO2Y-. The Morgan fingerprint density at radius 2 is 2.13 bits per heavy atom. The fourth-order valence-corrected chi connectivity index (χ4v) is 2.57. The van der Waals surface area contributed by atoms with Gasteiger partial charge >= 0.3 is 0 Å². The topological polar surface area (TPSA) is 31.2 Å². The second-order valence-corrected chi connectivity index (χ2v) is 5.63. The molecule has 0 atom stereocenters. The minimum atomic E-state index is -2.67. The van der Waals surface area contributed by atoms with Crippen molar-refractivity contribution in [3.63, 3.8) is 0 Å². The van der Waals surface area contributed by atoms with Gasteiger partial charge in [0.05, 0.1) is 13.2 Å². The first-order chi connectivity index (χ1) is 10.4. The molecule has 0 aliphatic heterocycles. The van der Waals surface area contributed by atoms with Crippen LogP contribution >= 0.6 is 27.5 Å². The summed E-state index contributed by atoms with van der Waals surface area (Å²) in [6.07, 6.45) is -2.67. The number of hydrogen-bond acceptors (Lipinski definition) is 2. The van der Waals surface area contributed by atoms with Crippen molar-refractivity contribution in [3.05, 3.63) is 50.2 Å². The largest absolute Gasteiger partial charge is 0.494 e. The van der Waals surface area contributed by atoms with E-state index in [9.17, 15) is 13.6 Å². The van der Waals surface area contributed by atoms with Gasteiger partial charge in [0.1, 0.15) is 5.75 Å². The molecule has 1 aromatic carbocycles. The summed E-state index contributed by atoms with van der Waals surface area (Å²) in [7, 11) is 0. The van der Waals surface area contributed by atoms with Crippen LogP contribution in [0.3, 0.4) is 0 Å². The molecule has 0 aliphatic carbocycles. The number of ether oxygens (including phenoxy) is 1. The minimum Gasteiger partial charge on any atom is -0.494 e. The van der Waals surface area contributed by atoms with Crippen molar-refractivity contribution >= 4 is 27.5 Å². The van der Waals surface area contributed by atoms with Crippen molar-refractivity contribution in [1.82, 2.24) is 4.57 Å². The standard InChI is InChI=1S/C15H12BrClF2NO2.Y/c1-2-22-9-3-4-10(12(17)7-9)13-6-5-11(16)15(21)20(13)8-14(18)19;/h3-5,7,14H,2,8H2,1H3;/q-1;. The average Bonchev–Trinajstić information content (AvgIpc) is 2.45. The van der Waals surface area contributed by atoms with Gasteiger partial charge < -0.3 is 9.30 Å². The Balaban J connectivity index is 0.00000264. The number of hydrogen-bond donors (Lipinski definition) is 0. The molecule has 0 amide bonds. The summed E-state index contributed by atoms with van der Waals surface area (Å²) in [5, 5.41) is 0.298. The van der Waals surface area contributed by atoms with Crippen LogP contribution in [0.4, 0.5) is 8.78 Å². The summed E-state index contributed by atoms with van der Waals surface area (Å²) in [5.41, 5.74) is 0.0934. The molecule has 1 aromatic heterocycles. The van der Waals surface area contributed by atoms with Crippen molar-refractivity contribution in [1.29, 1.82) is 0 Å². The zero-order valence-corrected chi connectivity index (χ0v) is 17.3. The van der Waals surface area contributed by atoms with E-state index in [2.05, 4.69) is 22.0 Å². The Kier molecular flexibility index (Phi) is 8.35. The molecule has 1 heterocycles. The monoisotopic (exact) mass is 479 g/mol. The fraction of sp³-hybridized carbons (Fsp3) is 0.267. The van der Waals surface area contributed by atoms with Gasteiger partial charge in [-0.2, -0.15) is 12.1 Å². The Morgan fingerprint density at radius 3 is 2.70 bits per heavy atom. The third-order valence-electron chi connectivity index (χ3n) is 2.88. The predicted molar refractivity (Wildman–Crippen MR) is 84.9 cm³/mol. The maximum atomic E-state index is 12.8. The molecule has 1 radical (unpaired) electrons. The molecule has 2 aromatic rings. The van der Waals surface area contributed by atoms with E-state index >= 15 is 0 Å². The second-order valence-electron chi connectivity index (χ2n) is 4.37. The zero-order valence-electron chi connectivity index (χ0n) is 12.2. The molecular weight excluding hydrogens is 468 g/mol. The first-order valence-corrected chi connectivity index (χ1v) is 7.63. The molecule has 121 valence electrons. The van der Waals surface area contributed by atoms with Crippen LogP contribution in [-0.4, -0.2) is 17.6 Å². The van der Waals surface area contributed by atoms with Crippen molar-refractivity contribution in [3.8, 4) is 17.0 Å². The average molecular weight is 481 g/mol. The van der Waals surface area contributed by atoms with Crippen LogP contribution in [0.5, 0.6) is 5.75 Å². The number of alkyl halides is 2. The predicted octanol–water partition coefficient (Wildman–Crippen LogP) is 4.39. The summed E-state index contributed by atoms with van der Waals surface area (Å²) in [4.78, 5) is 12.1. The number of aromatic nitrogens is 1.